The molecule has 7 heteroatoms. The predicted molar refractivity (Wildman–Crippen MR) is 102 cm³/mol. The zero-order valence-corrected chi connectivity index (χ0v) is 15.7. The molecule has 2 aliphatic rings. The quantitative estimate of drug-likeness (QED) is 0.739. The van der Waals surface area contributed by atoms with Crippen LogP contribution >= 0.6 is 0 Å². The highest BCUT2D eigenvalue weighted by atomic mass is 16.5. The average molecular weight is 373 g/mol. The number of benzene rings is 1. The monoisotopic (exact) mass is 373 g/mol. The van der Waals surface area contributed by atoms with Gasteiger partial charge in [-0.25, -0.2) is 0 Å². The fourth-order valence-electron chi connectivity index (χ4n) is 3.80. The second-order valence-electron chi connectivity index (χ2n) is 7.35. The molecule has 1 saturated heterocycles. The summed E-state index contributed by atoms with van der Waals surface area (Å²) >= 11 is 0. The number of hydrogen-bond donors (Lipinski definition) is 3. The summed E-state index contributed by atoms with van der Waals surface area (Å²) in [5, 5.41) is 8.59. The van der Waals surface area contributed by atoms with Crippen LogP contribution in [0, 0.1) is 0 Å². The van der Waals surface area contributed by atoms with Gasteiger partial charge >= 0.3 is 0 Å². The first-order valence-corrected chi connectivity index (χ1v) is 9.61. The number of nitrogens with one attached hydrogen (secondary N) is 3. The Morgan fingerprint density at radius 2 is 1.59 bits per heavy atom. The van der Waals surface area contributed by atoms with Crippen molar-refractivity contribution in [3.8, 4) is 0 Å². The van der Waals surface area contributed by atoms with Gasteiger partial charge in [-0.05, 0) is 49.9 Å². The highest BCUT2D eigenvalue weighted by Gasteiger charge is 2.40. The standard InChI is InChI=1S/C20H27N3O4/c1-14(24)23-20(11-3-2-4-12-20)19(26)22-16-9-7-15(8-10-16)21-18(25)17-6-5-13-27-17/h7-10,17H,2-6,11-13H2,1H3,(H,21,25)(H,22,26)(H,23,24)/t17-/m1/s1. The van der Waals surface area contributed by atoms with Crippen molar-refractivity contribution in [2.75, 3.05) is 17.2 Å². The van der Waals surface area contributed by atoms with Crippen molar-refractivity contribution in [2.24, 2.45) is 0 Å². The smallest absolute Gasteiger partial charge is 0.253 e. The molecule has 1 aromatic rings. The van der Waals surface area contributed by atoms with E-state index >= 15 is 0 Å². The predicted octanol–water partition coefficient (Wildman–Crippen LogP) is 2.58. The molecule has 27 heavy (non-hydrogen) atoms. The minimum absolute atomic E-state index is 0.142. The summed E-state index contributed by atoms with van der Waals surface area (Å²) in [5.41, 5.74) is 0.449. The first-order chi connectivity index (χ1) is 13.0. The third-order valence-electron chi connectivity index (χ3n) is 5.19. The van der Waals surface area contributed by atoms with Crippen molar-refractivity contribution in [1.82, 2.24) is 5.32 Å². The molecule has 3 rings (SSSR count). The lowest BCUT2D eigenvalue weighted by molar-refractivity contribution is -0.130. The fourth-order valence-corrected chi connectivity index (χ4v) is 3.80. The van der Waals surface area contributed by atoms with E-state index in [1.807, 2.05) is 0 Å². The molecular weight excluding hydrogens is 346 g/mol. The zero-order valence-electron chi connectivity index (χ0n) is 15.7. The van der Waals surface area contributed by atoms with Gasteiger partial charge in [-0.2, -0.15) is 0 Å². The van der Waals surface area contributed by atoms with Crippen molar-refractivity contribution in [2.45, 2.75) is 63.5 Å². The molecule has 1 aromatic carbocycles. The zero-order chi connectivity index (χ0) is 19.3. The van der Waals surface area contributed by atoms with Gasteiger partial charge in [0.2, 0.25) is 11.8 Å². The summed E-state index contributed by atoms with van der Waals surface area (Å²) in [7, 11) is 0. The molecule has 3 amide bonds. The summed E-state index contributed by atoms with van der Waals surface area (Å²) in [6.45, 7) is 2.06. The van der Waals surface area contributed by atoms with Crippen LogP contribution in [0.25, 0.3) is 0 Å². The molecule has 3 N–H and O–H groups in total. The van der Waals surface area contributed by atoms with E-state index in [-0.39, 0.29) is 23.8 Å². The van der Waals surface area contributed by atoms with Gasteiger partial charge in [0.25, 0.3) is 5.91 Å². The Labute approximate surface area is 159 Å². The molecule has 0 radical (unpaired) electrons. The van der Waals surface area contributed by atoms with Gasteiger partial charge in [0, 0.05) is 24.9 Å². The van der Waals surface area contributed by atoms with E-state index in [2.05, 4.69) is 16.0 Å². The summed E-state index contributed by atoms with van der Waals surface area (Å²) in [4.78, 5) is 36.5. The van der Waals surface area contributed by atoms with E-state index in [0.717, 1.165) is 32.1 Å². The van der Waals surface area contributed by atoms with Gasteiger partial charge < -0.3 is 20.7 Å². The Bertz CT molecular complexity index is 690. The normalized spacial score (nSPS) is 21.3. The van der Waals surface area contributed by atoms with Gasteiger partial charge in [0.15, 0.2) is 0 Å². The second-order valence-corrected chi connectivity index (χ2v) is 7.35. The largest absolute Gasteiger partial charge is 0.368 e. The van der Waals surface area contributed by atoms with Crippen LogP contribution in [0.15, 0.2) is 24.3 Å². The van der Waals surface area contributed by atoms with Crippen LogP contribution in [-0.2, 0) is 19.1 Å². The maximum absolute atomic E-state index is 12.8. The Morgan fingerprint density at radius 1 is 0.963 bits per heavy atom. The maximum Gasteiger partial charge on any atom is 0.253 e. The number of hydrogen-bond acceptors (Lipinski definition) is 4. The van der Waals surface area contributed by atoms with E-state index in [1.165, 1.54) is 6.92 Å². The van der Waals surface area contributed by atoms with Gasteiger partial charge in [-0.3, -0.25) is 14.4 Å². The van der Waals surface area contributed by atoms with Crippen LogP contribution in [0.4, 0.5) is 11.4 Å². The number of anilines is 2. The summed E-state index contributed by atoms with van der Waals surface area (Å²) in [6.07, 6.45) is 5.47. The van der Waals surface area contributed by atoms with E-state index < -0.39 is 5.54 Å². The fraction of sp³-hybridized carbons (Fsp3) is 0.550. The molecule has 7 nitrogen and oxygen atoms in total. The lowest BCUT2D eigenvalue weighted by Crippen LogP contribution is -2.57. The van der Waals surface area contributed by atoms with Gasteiger partial charge in [0.05, 0.1) is 0 Å². The van der Waals surface area contributed by atoms with Crippen molar-refractivity contribution < 1.29 is 19.1 Å². The van der Waals surface area contributed by atoms with E-state index in [9.17, 15) is 14.4 Å². The molecule has 0 bridgehead atoms. The molecule has 0 unspecified atom stereocenters. The van der Waals surface area contributed by atoms with Crippen LogP contribution < -0.4 is 16.0 Å². The SMILES string of the molecule is CC(=O)NC1(C(=O)Nc2ccc(NC(=O)[C@H]3CCCO3)cc2)CCCCC1. The molecule has 1 aliphatic heterocycles. The number of carbonyl (C=O) groups excluding carboxylic acids is 3. The van der Waals surface area contributed by atoms with E-state index in [4.69, 9.17) is 4.74 Å². The molecule has 1 saturated carbocycles. The minimum atomic E-state index is -0.837. The molecule has 1 aliphatic carbocycles. The van der Waals surface area contributed by atoms with Crippen LogP contribution in [0.5, 0.6) is 0 Å². The molecule has 146 valence electrons. The van der Waals surface area contributed by atoms with Crippen molar-refractivity contribution in [3.63, 3.8) is 0 Å². The van der Waals surface area contributed by atoms with Crippen molar-refractivity contribution in [1.29, 1.82) is 0 Å². The Morgan fingerprint density at radius 3 is 2.15 bits per heavy atom. The summed E-state index contributed by atoms with van der Waals surface area (Å²) in [5.74, 6) is -0.524. The number of ether oxygens (including phenoxy) is 1. The Balaban J connectivity index is 1.61. The molecule has 1 heterocycles. The Kier molecular flexibility index (Phi) is 6.11. The van der Waals surface area contributed by atoms with Crippen LogP contribution in [0.3, 0.4) is 0 Å². The van der Waals surface area contributed by atoms with Crippen molar-refractivity contribution in [3.05, 3.63) is 24.3 Å². The highest BCUT2D eigenvalue weighted by molar-refractivity contribution is 6.00. The number of rotatable bonds is 5. The van der Waals surface area contributed by atoms with Crippen LogP contribution in [-0.4, -0.2) is 36.0 Å². The lowest BCUT2D eigenvalue weighted by atomic mass is 9.80. The van der Waals surface area contributed by atoms with Gasteiger partial charge in [-0.15, -0.1) is 0 Å². The van der Waals surface area contributed by atoms with Gasteiger partial charge in [-0.1, -0.05) is 19.3 Å². The average Bonchev–Trinajstić information content (AvgIpc) is 3.18. The molecule has 1 atom stereocenters. The molecule has 2 fully saturated rings. The topological polar surface area (TPSA) is 96.5 Å². The molecular formula is C20H27N3O4. The first kappa shape index (κ1) is 19.4. The van der Waals surface area contributed by atoms with Gasteiger partial charge in [0.1, 0.15) is 11.6 Å². The van der Waals surface area contributed by atoms with Crippen LogP contribution in [0.2, 0.25) is 0 Å². The third-order valence-corrected chi connectivity index (χ3v) is 5.19. The first-order valence-electron chi connectivity index (χ1n) is 9.61. The number of amides is 3. The Hall–Kier alpha value is -2.41. The van der Waals surface area contributed by atoms with E-state index in [0.29, 0.717) is 30.8 Å². The minimum Gasteiger partial charge on any atom is -0.368 e. The lowest BCUT2D eigenvalue weighted by Gasteiger charge is -2.36. The van der Waals surface area contributed by atoms with Crippen LogP contribution in [0.1, 0.15) is 51.9 Å². The summed E-state index contributed by atoms with van der Waals surface area (Å²) < 4.78 is 5.37. The highest BCUT2D eigenvalue weighted by Crippen LogP contribution is 2.30. The number of carbonyl (C=O) groups is 3. The summed E-state index contributed by atoms with van der Waals surface area (Å²) in [6, 6.07) is 6.98. The van der Waals surface area contributed by atoms with E-state index in [1.54, 1.807) is 24.3 Å². The van der Waals surface area contributed by atoms with Crippen molar-refractivity contribution >= 4 is 29.1 Å². The molecule has 0 aromatic heterocycles. The maximum atomic E-state index is 12.8. The molecule has 0 spiro atoms. The second kappa shape index (κ2) is 8.52. The third kappa shape index (κ3) is 4.86.